The highest BCUT2D eigenvalue weighted by Crippen LogP contribution is 2.17. The summed E-state index contributed by atoms with van der Waals surface area (Å²) in [5.74, 6) is 1.74. The van der Waals surface area contributed by atoms with Crippen LogP contribution in [0.1, 0.15) is 12.5 Å². The number of rotatable bonds is 10. The second-order valence-electron chi connectivity index (χ2n) is 5.16. The van der Waals surface area contributed by atoms with E-state index in [1.54, 1.807) is 0 Å². The van der Waals surface area contributed by atoms with Crippen molar-refractivity contribution in [3.63, 3.8) is 0 Å². The fourth-order valence-electron chi connectivity index (χ4n) is 2.06. The first-order chi connectivity index (χ1) is 11.3. The summed E-state index contributed by atoms with van der Waals surface area (Å²) in [5.41, 5.74) is 2.25. The summed E-state index contributed by atoms with van der Waals surface area (Å²) in [4.78, 5) is 0. The third kappa shape index (κ3) is 6.61. The highest BCUT2D eigenvalue weighted by molar-refractivity contribution is 5.48. The van der Waals surface area contributed by atoms with Gasteiger partial charge in [-0.25, -0.2) is 0 Å². The third-order valence-electron chi connectivity index (χ3n) is 3.26. The number of hydrogen-bond acceptors (Lipinski definition) is 4. The maximum Gasteiger partial charge on any atom is 0.121 e. The van der Waals surface area contributed by atoms with Gasteiger partial charge in [0.15, 0.2) is 0 Å². The molecule has 2 aromatic carbocycles. The van der Waals surface area contributed by atoms with Crippen LogP contribution in [0.3, 0.4) is 0 Å². The smallest absolute Gasteiger partial charge is 0.121 e. The second kappa shape index (κ2) is 9.74. The van der Waals surface area contributed by atoms with Gasteiger partial charge in [0.2, 0.25) is 0 Å². The lowest BCUT2D eigenvalue weighted by molar-refractivity contribution is 0.110. The van der Waals surface area contributed by atoms with Gasteiger partial charge < -0.3 is 19.5 Å². The van der Waals surface area contributed by atoms with Gasteiger partial charge in [-0.15, -0.1) is 0 Å². The zero-order chi connectivity index (χ0) is 16.3. The molecule has 4 nitrogen and oxygen atoms in total. The van der Waals surface area contributed by atoms with Gasteiger partial charge >= 0.3 is 0 Å². The average Bonchev–Trinajstić information content (AvgIpc) is 2.58. The molecule has 0 unspecified atom stereocenters. The van der Waals surface area contributed by atoms with Crippen molar-refractivity contribution < 1.29 is 14.2 Å². The molecule has 124 valence electrons. The lowest BCUT2D eigenvalue weighted by Crippen LogP contribution is -2.11. The van der Waals surface area contributed by atoms with Gasteiger partial charge in [-0.2, -0.15) is 0 Å². The molecule has 0 amide bonds. The highest BCUT2D eigenvalue weighted by Gasteiger charge is 1.98. The minimum absolute atomic E-state index is 0.563. The van der Waals surface area contributed by atoms with Crippen LogP contribution in [0.2, 0.25) is 0 Å². The van der Waals surface area contributed by atoms with Crippen LogP contribution in [0.5, 0.6) is 11.5 Å². The molecule has 0 spiro atoms. The molecule has 0 aliphatic carbocycles. The van der Waals surface area contributed by atoms with Crippen LogP contribution in [-0.2, 0) is 4.74 Å². The first-order valence-electron chi connectivity index (χ1n) is 8.02. The molecule has 0 aromatic heterocycles. The maximum atomic E-state index is 5.69. The SMILES string of the molecule is CCOCCOc1cccc(NCCOc2ccc(C)cc2)c1. The Bertz CT molecular complexity index is 569. The number of anilines is 1. The van der Waals surface area contributed by atoms with E-state index >= 15 is 0 Å². The van der Waals surface area contributed by atoms with Crippen molar-refractivity contribution in [3.8, 4) is 11.5 Å². The largest absolute Gasteiger partial charge is 0.492 e. The Balaban J connectivity index is 1.69. The van der Waals surface area contributed by atoms with Gasteiger partial charge in [-0.05, 0) is 38.1 Å². The molecule has 0 saturated carbocycles. The normalized spacial score (nSPS) is 10.3. The molecule has 0 heterocycles. The van der Waals surface area contributed by atoms with Crippen molar-refractivity contribution in [1.29, 1.82) is 0 Å². The molecule has 0 bridgehead atoms. The van der Waals surface area contributed by atoms with Crippen molar-refractivity contribution in [3.05, 3.63) is 54.1 Å². The monoisotopic (exact) mass is 315 g/mol. The Morgan fingerprint density at radius 2 is 1.65 bits per heavy atom. The van der Waals surface area contributed by atoms with Crippen molar-refractivity contribution in [2.45, 2.75) is 13.8 Å². The number of nitrogens with one attached hydrogen (secondary N) is 1. The van der Waals surface area contributed by atoms with Gasteiger partial charge in [0.05, 0.1) is 6.61 Å². The number of hydrogen-bond donors (Lipinski definition) is 1. The van der Waals surface area contributed by atoms with E-state index in [0.717, 1.165) is 23.7 Å². The standard InChI is InChI=1S/C19H25NO3/c1-3-21-13-14-23-19-6-4-5-17(15-19)20-11-12-22-18-9-7-16(2)8-10-18/h4-10,15,20H,3,11-14H2,1-2H3. The molecule has 0 fully saturated rings. The molecule has 0 atom stereocenters. The second-order valence-corrected chi connectivity index (χ2v) is 5.16. The summed E-state index contributed by atoms with van der Waals surface area (Å²) < 4.78 is 16.6. The van der Waals surface area contributed by atoms with Crippen LogP contribution in [0.25, 0.3) is 0 Å². The summed E-state index contributed by atoms with van der Waals surface area (Å²) in [7, 11) is 0. The van der Waals surface area contributed by atoms with Gasteiger partial charge in [0.25, 0.3) is 0 Å². The fraction of sp³-hybridized carbons (Fsp3) is 0.368. The Labute approximate surface area is 138 Å². The topological polar surface area (TPSA) is 39.7 Å². The summed E-state index contributed by atoms with van der Waals surface area (Å²) in [6, 6.07) is 16.0. The first kappa shape index (κ1) is 17.2. The van der Waals surface area contributed by atoms with Crippen LogP contribution < -0.4 is 14.8 Å². The molecule has 0 radical (unpaired) electrons. The maximum absolute atomic E-state index is 5.69. The van der Waals surface area contributed by atoms with E-state index in [9.17, 15) is 0 Å². The lowest BCUT2D eigenvalue weighted by Gasteiger charge is -2.11. The predicted octanol–water partition coefficient (Wildman–Crippen LogP) is 3.90. The van der Waals surface area contributed by atoms with Crippen LogP contribution in [-0.4, -0.2) is 33.0 Å². The van der Waals surface area contributed by atoms with Crippen LogP contribution in [0.4, 0.5) is 5.69 Å². The number of aryl methyl sites for hydroxylation is 1. The molecule has 1 N–H and O–H groups in total. The van der Waals surface area contributed by atoms with Gasteiger partial charge in [-0.1, -0.05) is 23.8 Å². The van der Waals surface area contributed by atoms with E-state index in [4.69, 9.17) is 14.2 Å². The van der Waals surface area contributed by atoms with Crippen molar-refractivity contribution in [1.82, 2.24) is 0 Å². The van der Waals surface area contributed by atoms with Crippen LogP contribution >= 0.6 is 0 Å². The van der Waals surface area contributed by atoms with Crippen molar-refractivity contribution >= 4 is 5.69 Å². The molecule has 2 rings (SSSR count). The summed E-state index contributed by atoms with van der Waals surface area (Å²) in [5, 5.41) is 3.33. The molecule has 2 aromatic rings. The van der Waals surface area contributed by atoms with Gasteiger partial charge in [-0.3, -0.25) is 0 Å². The van der Waals surface area contributed by atoms with Crippen molar-refractivity contribution in [2.24, 2.45) is 0 Å². The fourth-order valence-corrected chi connectivity index (χ4v) is 2.06. The minimum atomic E-state index is 0.563. The van der Waals surface area contributed by atoms with Gasteiger partial charge in [0.1, 0.15) is 24.7 Å². The predicted molar refractivity (Wildman–Crippen MR) is 93.6 cm³/mol. The summed E-state index contributed by atoms with van der Waals surface area (Å²) in [6.07, 6.45) is 0. The zero-order valence-corrected chi connectivity index (χ0v) is 13.9. The van der Waals surface area contributed by atoms with E-state index in [1.165, 1.54) is 5.56 Å². The Morgan fingerprint density at radius 3 is 2.43 bits per heavy atom. The number of benzene rings is 2. The van der Waals surface area contributed by atoms with Crippen molar-refractivity contribution in [2.75, 3.05) is 38.3 Å². The van der Waals surface area contributed by atoms with E-state index in [-0.39, 0.29) is 0 Å². The quantitative estimate of drug-likeness (QED) is 0.675. The highest BCUT2D eigenvalue weighted by atomic mass is 16.5. The number of ether oxygens (including phenoxy) is 3. The lowest BCUT2D eigenvalue weighted by atomic mass is 10.2. The van der Waals surface area contributed by atoms with E-state index in [0.29, 0.717) is 26.4 Å². The average molecular weight is 315 g/mol. The molecule has 0 aliphatic heterocycles. The van der Waals surface area contributed by atoms with E-state index in [2.05, 4.69) is 12.2 Å². The Hall–Kier alpha value is -2.20. The summed E-state index contributed by atoms with van der Waals surface area (Å²) in [6.45, 7) is 7.27. The van der Waals surface area contributed by atoms with E-state index < -0.39 is 0 Å². The molecule has 4 heteroatoms. The third-order valence-corrected chi connectivity index (χ3v) is 3.26. The van der Waals surface area contributed by atoms with E-state index in [1.807, 2.05) is 55.5 Å². The summed E-state index contributed by atoms with van der Waals surface area (Å²) >= 11 is 0. The Morgan fingerprint density at radius 1 is 0.870 bits per heavy atom. The molecule has 0 saturated heterocycles. The molecule has 0 aliphatic rings. The van der Waals surface area contributed by atoms with Gasteiger partial charge in [0, 0.05) is 24.9 Å². The molecular formula is C19H25NO3. The first-order valence-corrected chi connectivity index (χ1v) is 8.02. The Kier molecular flexibility index (Phi) is 7.27. The van der Waals surface area contributed by atoms with Crippen LogP contribution in [0, 0.1) is 6.92 Å². The minimum Gasteiger partial charge on any atom is -0.492 e. The zero-order valence-electron chi connectivity index (χ0n) is 13.9. The molecular weight excluding hydrogens is 290 g/mol. The molecule has 23 heavy (non-hydrogen) atoms. The van der Waals surface area contributed by atoms with Crippen LogP contribution in [0.15, 0.2) is 48.5 Å².